The van der Waals surface area contributed by atoms with Crippen LogP contribution in [0.1, 0.15) is 45.4 Å². The molecule has 0 aliphatic heterocycles. The lowest BCUT2D eigenvalue weighted by atomic mass is 9.79. The van der Waals surface area contributed by atoms with Gasteiger partial charge in [-0.25, -0.2) is 0 Å². The second-order valence-corrected chi connectivity index (χ2v) is 6.99. The van der Waals surface area contributed by atoms with Gasteiger partial charge in [0.1, 0.15) is 0 Å². The molecule has 5 heteroatoms. The SMILES string of the molecule is CC(CS(C)=O)NC(=O)C1(CN)CCCCCC1. The molecule has 0 aromatic rings. The van der Waals surface area contributed by atoms with Crippen LogP contribution in [0.2, 0.25) is 0 Å². The Kier molecular flexibility index (Phi) is 6.29. The average molecular weight is 274 g/mol. The molecule has 2 unspecified atom stereocenters. The predicted molar refractivity (Wildman–Crippen MR) is 75.7 cm³/mol. The topological polar surface area (TPSA) is 72.2 Å². The van der Waals surface area contributed by atoms with Gasteiger partial charge in [0.15, 0.2) is 0 Å². The Labute approximate surface area is 113 Å². The van der Waals surface area contributed by atoms with Crippen LogP contribution in [0.5, 0.6) is 0 Å². The van der Waals surface area contributed by atoms with Crippen molar-refractivity contribution < 1.29 is 9.00 Å². The van der Waals surface area contributed by atoms with Gasteiger partial charge in [-0.2, -0.15) is 0 Å². The first-order chi connectivity index (χ1) is 8.50. The van der Waals surface area contributed by atoms with Gasteiger partial charge in [0, 0.05) is 35.4 Å². The Balaban J connectivity index is 2.62. The van der Waals surface area contributed by atoms with Gasteiger partial charge in [-0.3, -0.25) is 9.00 Å². The highest BCUT2D eigenvalue weighted by atomic mass is 32.2. The highest BCUT2D eigenvalue weighted by Crippen LogP contribution is 2.34. The molecule has 106 valence electrons. The summed E-state index contributed by atoms with van der Waals surface area (Å²) in [6, 6.07) is -0.0463. The van der Waals surface area contributed by atoms with Crippen LogP contribution < -0.4 is 11.1 Å². The van der Waals surface area contributed by atoms with Gasteiger partial charge >= 0.3 is 0 Å². The number of hydrogen-bond acceptors (Lipinski definition) is 3. The number of carbonyl (C=O) groups is 1. The van der Waals surface area contributed by atoms with Crippen molar-refractivity contribution in [3.8, 4) is 0 Å². The van der Waals surface area contributed by atoms with Crippen LogP contribution >= 0.6 is 0 Å². The summed E-state index contributed by atoms with van der Waals surface area (Å²) in [4.78, 5) is 12.4. The van der Waals surface area contributed by atoms with E-state index in [4.69, 9.17) is 5.73 Å². The quantitative estimate of drug-likeness (QED) is 0.739. The molecule has 1 aliphatic rings. The van der Waals surface area contributed by atoms with Gasteiger partial charge in [0.05, 0.1) is 5.41 Å². The standard InChI is InChI=1S/C13H26N2O2S/c1-11(9-18(2)17)15-12(16)13(10-14)7-5-3-4-6-8-13/h11H,3-10,14H2,1-2H3,(H,15,16). The zero-order chi connectivity index (χ0) is 13.6. The predicted octanol–water partition coefficient (Wildman–Crippen LogP) is 1.17. The molecule has 1 saturated carbocycles. The maximum absolute atomic E-state index is 12.4. The summed E-state index contributed by atoms with van der Waals surface area (Å²) < 4.78 is 11.2. The lowest BCUT2D eigenvalue weighted by molar-refractivity contribution is -0.131. The molecule has 0 spiro atoms. The van der Waals surface area contributed by atoms with Crippen molar-refractivity contribution in [2.75, 3.05) is 18.6 Å². The van der Waals surface area contributed by atoms with Gasteiger partial charge < -0.3 is 11.1 Å². The third-order valence-electron chi connectivity index (χ3n) is 3.80. The number of carbonyl (C=O) groups excluding carboxylic acids is 1. The minimum atomic E-state index is -0.882. The molecule has 0 aromatic heterocycles. The molecule has 18 heavy (non-hydrogen) atoms. The zero-order valence-electron chi connectivity index (χ0n) is 11.5. The second kappa shape index (κ2) is 7.24. The van der Waals surface area contributed by atoms with E-state index < -0.39 is 10.8 Å². The molecule has 0 heterocycles. The van der Waals surface area contributed by atoms with E-state index in [2.05, 4.69) is 5.32 Å². The molecule has 0 bridgehead atoms. The van der Waals surface area contributed by atoms with Gasteiger partial charge in [-0.15, -0.1) is 0 Å². The molecule has 1 aliphatic carbocycles. The third kappa shape index (κ3) is 4.35. The summed E-state index contributed by atoms with van der Waals surface area (Å²) in [5, 5.41) is 2.99. The van der Waals surface area contributed by atoms with Gasteiger partial charge in [-0.05, 0) is 19.8 Å². The van der Waals surface area contributed by atoms with Gasteiger partial charge in [-0.1, -0.05) is 25.7 Å². The van der Waals surface area contributed by atoms with E-state index in [0.717, 1.165) is 25.7 Å². The molecular formula is C13H26N2O2S. The molecule has 1 rings (SSSR count). The van der Waals surface area contributed by atoms with Crippen LogP contribution in [0, 0.1) is 5.41 Å². The number of rotatable bonds is 5. The molecule has 0 radical (unpaired) electrons. The van der Waals surface area contributed by atoms with Crippen molar-refractivity contribution in [3.63, 3.8) is 0 Å². The Morgan fingerprint density at radius 3 is 2.33 bits per heavy atom. The fraction of sp³-hybridized carbons (Fsp3) is 0.923. The number of hydrogen-bond donors (Lipinski definition) is 2. The molecule has 1 amide bonds. The van der Waals surface area contributed by atoms with Crippen molar-refractivity contribution in [2.24, 2.45) is 11.1 Å². The van der Waals surface area contributed by atoms with Crippen molar-refractivity contribution in [2.45, 2.75) is 51.5 Å². The molecule has 1 fully saturated rings. The highest BCUT2D eigenvalue weighted by Gasteiger charge is 2.37. The van der Waals surface area contributed by atoms with Crippen molar-refractivity contribution in [1.82, 2.24) is 5.32 Å². The lowest BCUT2D eigenvalue weighted by Gasteiger charge is -2.31. The zero-order valence-corrected chi connectivity index (χ0v) is 12.4. The minimum Gasteiger partial charge on any atom is -0.352 e. The first-order valence-corrected chi connectivity index (χ1v) is 8.54. The molecule has 0 saturated heterocycles. The monoisotopic (exact) mass is 274 g/mol. The fourth-order valence-corrected chi connectivity index (χ4v) is 3.49. The third-order valence-corrected chi connectivity index (χ3v) is 4.76. The van der Waals surface area contributed by atoms with E-state index in [1.807, 2.05) is 6.92 Å². The first kappa shape index (κ1) is 15.6. The summed E-state index contributed by atoms with van der Waals surface area (Å²) >= 11 is 0. The van der Waals surface area contributed by atoms with Crippen LogP contribution in [-0.2, 0) is 15.6 Å². The van der Waals surface area contributed by atoms with E-state index in [1.54, 1.807) is 6.26 Å². The summed E-state index contributed by atoms with van der Waals surface area (Å²) in [5.41, 5.74) is 5.48. The van der Waals surface area contributed by atoms with Crippen molar-refractivity contribution >= 4 is 16.7 Å². The van der Waals surface area contributed by atoms with Gasteiger partial charge in [0.2, 0.25) is 5.91 Å². The van der Waals surface area contributed by atoms with E-state index in [0.29, 0.717) is 12.3 Å². The summed E-state index contributed by atoms with van der Waals surface area (Å²) in [6.07, 6.45) is 7.99. The first-order valence-electron chi connectivity index (χ1n) is 6.81. The minimum absolute atomic E-state index is 0.0463. The van der Waals surface area contributed by atoms with E-state index in [9.17, 15) is 9.00 Å². The Hall–Kier alpha value is -0.420. The lowest BCUT2D eigenvalue weighted by Crippen LogP contribution is -2.49. The summed E-state index contributed by atoms with van der Waals surface area (Å²) in [7, 11) is -0.882. The highest BCUT2D eigenvalue weighted by molar-refractivity contribution is 7.84. The van der Waals surface area contributed by atoms with Crippen LogP contribution in [0.3, 0.4) is 0 Å². The van der Waals surface area contributed by atoms with Crippen LogP contribution in [0.25, 0.3) is 0 Å². The molecule has 4 nitrogen and oxygen atoms in total. The van der Waals surface area contributed by atoms with Crippen molar-refractivity contribution in [3.05, 3.63) is 0 Å². The Morgan fingerprint density at radius 1 is 1.33 bits per heavy atom. The molecule has 2 atom stereocenters. The number of amides is 1. The average Bonchev–Trinajstić information content (AvgIpc) is 2.53. The van der Waals surface area contributed by atoms with E-state index >= 15 is 0 Å². The summed E-state index contributed by atoms with van der Waals surface area (Å²) in [5.74, 6) is 0.566. The van der Waals surface area contributed by atoms with E-state index in [-0.39, 0.29) is 17.4 Å². The molecular weight excluding hydrogens is 248 g/mol. The van der Waals surface area contributed by atoms with Crippen molar-refractivity contribution in [1.29, 1.82) is 0 Å². The maximum Gasteiger partial charge on any atom is 0.227 e. The summed E-state index contributed by atoms with van der Waals surface area (Å²) in [6.45, 7) is 2.32. The van der Waals surface area contributed by atoms with Crippen LogP contribution in [0.4, 0.5) is 0 Å². The van der Waals surface area contributed by atoms with Crippen LogP contribution in [-0.4, -0.2) is 34.7 Å². The smallest absolute Gasteiger partial charge is 0.227 e. The van der Waals surface area contributed by atoms with Crippen LogP contribution in [0.15, 0.2) is 0 Å². The molecule has 3 N–H and O–H groups in total. The number of nitrogens with one attached hydrogen (secondary N) is 1. The normalized spacial score (nSPS) is 22.8. The maximum atomic E-state index is 12.4. The fourth-order valence-electron chi connectivity index (χ4n) is 2.70. The molecule has 0 aromatic carbocycles. The Bertz CT molecular complexity index is 299. The number of nitrogens with two attached hydrogens (primary N) is 1. The van der Waals surface area contributed by atoms with E-state index in [1.165, 1.54) is 12.8 Å². The van der Waals surface area contributed by atoms with Gasteiger partial charge in [0.25, 0.3) is 0 Å². The largest absolute Gasteiger partial charge is 0.352 e. The Morgan fingerprint density at radius 2 is 1.89 bits per heavy atom. The second-order valence-electron chi connectivity index (χ2n) is 5.51.